The van der Waals surface area contributed by atoms with Gasteiger partial charge in [-0.15, -0.1) is 0 Å². The van der Waals surface area contributed by atoms with Gasteiger partial charge in [-0.05, 0) is 49.7 Å². The molecule has 1 aromatic carbocycles. The molecule has 0 saturated carbocycles. The number of alkyl halides is 2. The van der Waals surface area contributed by atoms with Crippen LogP contribution >= 0.6 is 0 Å². The van der Waals surface area contributed by atoms with Crippen LogP contribution in [0.15, 0.2) is 48.7 Å². The second-order valence-corrected chi connectivity index (χ2v) is 7.80. The zero-order valence-electron chi connectivity index (χ0n) is 19.5. The van der Waals surface area contributed by atoms with Gasteiger partial charge in [-0.1, -0.05) is 13.0 Å². The molecule has 0 amide bonds. The number of rotatable bonds is 8. The predicted molar refractivity (Wildman–Crippen MR) is 129 cm³/mol. The molecule has 0 aliphatic carbocycles. The van der Waals surface area contributed by atoms with Gasteiger partial charge in [-0.25, -0.2) is 28.7 Å². The van der Waals surface area contributed by atoms with E-state index in [4.69, 9.17) is 4.74 Å². The summed E-state index contributed by atoms with van der Waals surface area (Å²) in [5, 5.41) is 4.06. The first-order chi connectivity index (χ1) is 16.4. The summed E-state index contributed by atoms with van der Waals surface area (Å²) < 4.78 is 31.3. The number of benzene rings is 1. The summed E-state index contributed by atoms with van der Waals surface area (Å²) in [6.45, 7) is 4.13. The highest BCUT2D eigenvalue weighted by Gasteiger charge is 2.13. The van der Waals surface area contributed by atoms with Gasteiger partial charge in [0, 0.05) is 23.7 Å². The summed E-state index contributed by atoms with van der Waals surface area (Å²) in [6.07, 6.45) is -0.0347. The number of hydrogen-bond donors (Lipinski definition) is 1. The monoisotopic (exact) mass is 464 g/mol. The molecule has 0 fully saturated rings. The Bertz CT molecular complexity index is 1310. The standard InChI is InChI=1S/C25H26F2N6O/c1-5-16-11-19(14-29-25(16)34-4)33(3)18-9-10-21-20(12-18)24(31-15(2)30-21)28-13-17-7-6-8-22(32-17)23(26)27/h6-12,14,23H,5,13H2,1-4H3,(H,28,30,31). The number of pyridine rings is 2. The lowest BCUT2D eigenvalue weighted by atomic mass is 10.1. The van der Waals surface area contributed by atoms with Gasteiger partial charge in [0.1, 0.15) is 17.3 Å². The quantitative estimate of drug-likeness (QED) is 0.363. The van der Waals surface area contributed by atoms with E-state index in [0.717, 1.165) is 34.3 Å². The van der Waals surface area contributed by atoms with Gasteiger partial charge >= 0.3 is 0 Å². The summed E-state index contributed by atoms with van der Waals surface area (Å²) in [5.74, 6) is 1.85. The molecule has 9 heteroatoms. The SMILES string of the molecule is CCc1cc(N(C)c2ccc3nc(C)nc(NCc4cccc(C(F)F)n4)c3c2)cnc1OC. The fraction of sp³-hybridized carbons (Fsp3) is 0.280. The molecule has 176 valence electrons. The minimum Gasteiger partial charge on any atom is -0.481 e. The minimum absolute atomic E-state index is 0.244. The van der Waals surface area contributed by atoms with Crippen LogP contribution < -0.4 is 15.0 Å². The maximum atomic E-state index is 13.0. The fourth-order valence-electron chi connectivity index (χ4n) is 3.72. The number of aromatic nitrogens is 4. The van der Waals surface area contributed by atoms with Gasteiger partial charge in [0.25, 0.3) is 6.43 Å². The van der Waals surface area contributed by atoms with E-state index in [9.17, 15) is 8.78 Å². The van der Waals surface area contributed by atoms with Crippen molar-refractivity contribution in [1.82, 2.24) is 19.9 Å². The largest absolute Gasteiger partial charge is 0.481 e. The molecule has 0 unspecified atom stereocenters. The Morgan fingerprint density at radius 1 is 1.06 bits per heavy atom. The van der Waals surface area contributed by atoms with Gasteiger partial charge in [-0.3, -0.25) is 0 Å². The van der Waals surface area contributed by atoms with Gasteiger partial charge < -0.3 is 15.0 Å². The third kappa shape index (κ3) is 4.88. The van der Waals surface area contributed by atoms with Crippen molar-refractivity contribution in [2.45, 2.75) is 33.2 Å². The maximum absolute atomic E-state index is 13.0. The van der Waals surface area contributed by atoms with Crippen LogP contribution in [0.1, 0.15) is 36.1 Å². The molecular weight excluding hydrogens is 438 g/mol. The van der Waals surface area contributed by atoms with Gasteiger partial charge in [-0.2, -0.15) is 0 Å². The first-order valence-corrected chi connectivity index (χ1v) is 10.9. The Labute approximate surface area is 196 Å². The third-order valence-corrected chi connectivity index (χ3v) is 5.54. The van der Waals surface area contributed by atoms with E-state index >= 15 is 0 Å². The molecule has 0 spiro atoms. The molecule has 3 heterocycles. The van der Waals surface area contributed by atoms with Crippen molar-refractivity contribution in [2.24, 2.45) is 0 Å². The van der Waals surface area contributed by atoms with E-state index in [-0.39, 0.29) is 12.2 Å². The molecule has 0 bridgehead atoms. The number of aryl methyl sites for hydroxylation is 2. The van der Waals surface area contributed by atoms with Crippen LogP contribution in [0.3, 0.4) is 0 Å². The number of methoxy groups -OCH3 is 1. The molecule has 0 radical (unpaired) electrons. The first-order valence-electron chi connectivity index (χ1n) is 10.9. The second kappa shape index (κ2) is 9.94. The van der Waals surface area contributed by atoms with E-state index in [0.29, 0.717) is 23.2 Å². The summed E-state index contributed by atoms with van der Waals surface area (Å²) in [6, 6.07) is 12.6. The summed E-state index contributed by atoms with van der Waals surface area (Å²) in [4.78, 5) is 19.6. The predicted octanol–water partition coefficient (Wildman–Crippen LogP) is 5.62. The normalized spacial score (nSPS) is 11.1. The van der Waals surface area contributed by atoms with E-state index in [1.165, 1.54) is 6.07 Å². The van der Waals surface area contributed by atoms with E-state index in [2.05, 4.69) is 38.2 Å². The van der Waals surface area contributed by atoms with E-state index in [1.54, 1.807) is 25.4 Å². The van der Waals surface area contributed by atoms with Crippen LogP contribution in [-0.4, -0.2) is 34.1 Å². The minimum atomic E-state index is -2.61. The van der Waals surface area contributed by atoms with Crippen molar-refractivity contribution in [3.8, 4) is 5.88 Å². The summed E-state index contributed by atoms with van der Waals surface area (Å²) in [7, 11) is 3.58. The number of anilines is 3. The Morgan fingerprint density at radius 3 is 2.62 bits per heavy atom. The van der Waals surface area contributed by atoms with Crippen LogP contribution in [0.2, 0.25) is 0 Å². The van der Waals surface area contributed by atoms with Crippen molar-refractivity contribution in [3.05, 3.63) is 71.4 Å². The Balaban J connectivity index is 1.66. The lowest BCUT2D eigenvalue weighted by molar-refractivity contribution is 0.146. The highest BCUT2D eigenvalue weighted by atomic mass is 19.3. The second-order valence-electron chi connectivity index (χ2n) is 7.80. The number of hydrogen-bond acceptors (Lipinski definition) is 7. The van der Waals surface area contributed by atoms with Crippen LogP contribution in [-0.2, 0) is 13.0 Å². The maximum Gasteiger partial charge on any atom is 0.280 e. The first kappa shape index (κ1) is 23.3. The molecule has 4 aromatic rings. The molecule has 0 aliphatic heterocycles. The van der Waals surface area contributed by atoms with E-state index < -0.39 is 6.43 Å². The van der Waals surface area contributed by atoms with Crippen molar-refractivity contribution in [1.29, 1.82) is 0 Å². The van der Waals surface area contributed by atoms with Crippen molar-refractivity contribution >= 4 is 28.1 Å². The van der Waals surface area contributed by atoms with Crippen LogP contribution in [0.25, 0.3) is 10.9 Å². The molecule has 0 aliphatic rings. The van der Waals surface area contributed by atoms with Crippen molar-refractivity contribution in [2.75, 3.05) is 24.4 Å². The van der Waals surface area contributed by atoms with Gasteiger partial charge in [0.05, 0.1) is 36.7 Å². The zero-order chi connectivity index (χ0) is 24.2. The molecule has 7 nitrogen and oxygen atoms in total. The molecule has 0 saturated heterocycles. The van der Waals surface area contributed by atoms with Gasteiger partial charge in [0.2, 0.25) is 5.88 Å². The van der Waals surface area contributed by atoms with Gasteiger partial charge in [0.15, 0.2) is 0 Å². The lowest BCUT2D eigenvalue weighted by Gasteiger charge is -2.21. The molecule has 0 atom stereocenters. The number of nitrogens with zero attached hydrogens (tertiary/aromatic N) is 5. The molecule has 1 N–H and O–H groups in total. The highest BCUT2D eigenvalue weighted by Crippen LogP contribution is 2.31. The molecular formula is C25H26F2N6O. The topological polar surface area (TPSA) is 76.1 Å². The van der Waals surface area contributed by atoms with Crippen molar-refractivity contribution in [3.63, 3.8) is 0 Å². The average Bonchev–Trinajstić information content (AvgIpc) is 2.86. The van der Waals surface area contributed by atoms with Crippen LogP contribution in [0.4, 0.5) is 26.0 Å². The van der Waals surface area contributed by atoms with Crippen molar-refractivity contribution < 1.29 is 13.5 Å². The average molecular weight is 465 g/mol. The lowest BCUT2D eigenvalue weighted by Crippen LogP contribution is -2.11. The molecule has 3 aromatic heterocycles. The highest BCUT2D eigenvalue weighted by molar-refractivity contribution is 5.92. The summed E-state index contributed by atoms with van der Waals surface area (Å²) >= 11 is 0. The number of nitrogens with one attached hydrogen (secondary N) is 1. The summed E-state index contributed by atoms with van der Waals surface area (Å²) in [5.41, 5.74) is 3.91. The third-order valence-electron chi connectivity index (χ3n) is 5.54. The molecule has 4 rings (SSSR count). The fourth-order valence-corrected chi connectivity index (χ4v) is 3.72. The Morgan fingerprint density at radius 2 is 1.88 bits per heavy atom. The Hall–Kier alpha value is -3.88. The smallest absolute Gasteiger partial charge is 0.280 e. The number of halogens is 2. The Kier molecular flexibility index (Phi) is 6.81. The van der Waals surface area contributed by atoms with Crippen LogP contribution in [0, 0.1) is 6.92 Å². The van der Waals surface area contributed by atoms with Crippen LogP contribution in [0.5, 0.6) is 5.88 Å². The number of ether oxygens (including phenoxy) is 1. The number of fused-ring (bicyclic) bond motifs is 1. The molecule has 34 heavy (non-hydrogen) atoms. The zero-order valence-corrected chi connectivity index (χ0v) is 19.5. The van der Waals surface area contributed by atoms with E-state index in [1.807, 2.05) is 37.1 Å².